The minimum Gasteiger partial charge on any atom is -0.313 e. The van der Waals surface area contributed by atoms with Crippen LogP contribution in [0.1, 0.15) is 26.2 Å². The maximum absolute atomic E-state index is 5.17. The smallest absolute Gasteiger partial charge is 0.0191 e. The number of terminal acetylenes is 1. The minimum absolute atomic E-state index is 0.729. The lowest BCUT2D eigenvalue weighted by molar-refractivity contribution is 0.508. The Kier molecular flexibility index (Phi) is 4.57. The van der Waals surface area contributed by atoms with Crippen LogP contribution < -0.4 is 5.32 Å². The van der Waals surface area contributed by atoms with Crippen molar-refractivity contribution in [3.8, 4) is 12.3 Å². The van der Waals surface area contributed by atoms with Crippen LogP contribution in [0.25, 0.3) is 0 Å². The van der Waals surface area contributed by atoms with E-state index in [2.05, 4.69) is 29.9 Å². The van der Waals surface area contributed by atoms with Gasteiger partial charge in [0.1, 0.15) is 0 Å². The molecule has 0 aromatic carbocycles. The first-order valence-corrected chi connectivity index (χ1v) is 5.68. The molecule has 0 aromatic rings. The van der Waals surface area contributed by atoms with Crippen molar-refractivity contribution in [3.63, 3.8) is 0 Å². The summed E-state index contributed by atoms with van der Waals surface area (Å²) >= 11 is 2.07. The van der Waals surface area contributed by atoms with Gasteiger partial charge in [0.2, 0.25) is 0 Å². The minimum atomic E-state index is 0.729. The van der Waals surface area contributed by atoms with E-state index in [1.807, 2.05) is 0 Å². The Morgan fingerprint density at radius 1 is 1.67 bits per heavy atom. The van der Waals surface area contributed by atoms with Crippen LogP contribution in [0.4, 0.5) is 0 Å². The van der Waals surface area contributed by atoms with Crippen molar-refractivity contribution in [1.82, 2.24) is 5.32 Å². The molecule has 1 saturated heterocycles. The first-order valence-electron chi connectivity index (χ1n) is 4.63. The Morgan fingerprint density at radius 2 is 2.50 bits per heavy atom. The molecule has 1 nitrogen and oxygen atoms in total. The standard InChI is InChI=1S/C10H17NS/c1-3-4-5-7-11-10-6-8-12-9(10)2/h1,9-11H,4-8H2,2H3. The highest BCUT2D eigenvalue weighted by atomic mass is 32.2. The Balaban J connectivity index is 2.03. The molecule has 2 heteroatoms. The van der Waals surface area contributed by atoms with Crippen LogP contribution in [0.5, 0.6) is 0 Å². The fourth-order valence-corrected chi connectivity index (χ4v) is 2.70. The average Bonchev–Trinajstić information content (AvgIpc) is 2.46. The molecule has 0 saturated carbocycles. The van der Waals surface area contributed by atoms with Crippen molar-refractivity contribution in [2.75, 3.05) is 12.3 Å². The molecular weight excluding hydrogens is 166 g/mol. The van der Waals surface area contributed by atoms with Crippen LogP contribution >= 0.6 is 11.8 Å². The lowest BCUT2D eigenvalue weighted by Gasteiger charge is -2.15. The number of nitrogens with one attached hydrogen (secondary N) is 1. The summed E-state index contributed by atoms with van der Waals surface area (Å²) in [6.07, 6.45) is 8.51. The van der Waals surface area contributed by atoms with Crippen molar-refractivity contribution >= 4 is 11.8 Å². The molecule has 0 bridgehead atoms. The Hall–Kier alpha value is -0.130. The normalized spacial score (nSPS) is 28.7. The number of thioether (sulfide) groups is 1. The van der Waals surface area contributed by atoms with Crippen LogP contribution in [0, 0.1) is 12.3 Å². The van der Waals surface area contributed by atoms with Gasteiger partial charge in [0.15, 0.2) is 0 Å². The summed E-state index contributed by atoms with van der Waals surface area (Å²) in [7, 11) is 0. The van der Waals surface area contributed by atoms with E-state index in [4.69, 9.17) is 6.42 Å². The Bertz CT molecular complexity index is 162. The van der Waals surface area contributed by atoms with Crippen LogP contribution in [0.2, 0.25) is 0 Å². The highest BCUT2D eigenvalue weighted by Crippen LogP contribution is 2.25. The van der Waals surface area contributed by atoms with E-state index in [1.165, 1.54) is 12.2 Å². The zero-order valence-corrected chi connectivity index (χ0v) is 8.49. The second-order valence-electron chi connectivity index (χ2n) is 3.23. The molecule has 0 aliphatic carbocycles. The summed E-state index contributed by atoms with van der Waals surface area (Å²) in [6, 6.07) is 0.729. The van der Waals surface area contributed by atoms with Gasteiger partial charge in [-0.05, 0) is 25.1 Å². The first-order chi connectivity index (χ1) is 5.84. The van der Waals surface area contributed by atoms with Crippen molar-refractivity contribution in [2.24, 2.45) is 0 Å². The highest BCUT2D eigenvalue weighted by Gasteiger charge is 2.22. The molecule has 1 rings (SSSR count). The quantitative estimate of drug-likeness (QED) is 0.527. The summed E-state index contributed by atoms with van der Waals surface area (Å²) in [5.41, 5.74) is 0. The molecular formula is C10H17NS. The predicted octanol–water partition coefficient (Wildman–Crippen LogP) is 1.88. The van der Waals surface area contributed by atoms with Gasteiger partial charge in [0.05, 0.1) is 0 Å². The van der Waals surface area contributed by atoms with Gasteiger partial charge >= 0.3 is 0 Å². The van der Waals surface area contributed by atoms with Gasteiger partial charge in [-0.25, -0.2) is 0 Å². The zero-order valence-electron chi connectivity index (χ0n) is 7.68. The van der Waals surface area contributed by atoms with Crippen molar-refractivity contribution in [1.29, 1.82) is 0 Å². The molecule has 1 aliphatic heterocycles. The first kappa shape index (κ1) is 9.95. The number of hydrogen-bond donors (Lipinski definition) is 1. The molecule has 1 heterocycles. The second kappa shape index (κ2) is 5.50. The summed E-state index contributed by atoms with van der Waals surface area (Å²) < 4.78 is 0. The summed E-state index contributed by atoms with van der Waals surface area (Å²) in [5.74, 6) is 3.97. The maximum Gasteiger partial charge on any atom is 0.0191 e. The highest BCUT2D eigenvalue weighted by molar-refractivity contribution is 8.00. The molecule has 0 radical (unpaired) electrons. The van der Waals surface area contributed by atoms with Gasteiger partial charge in [0, 0.05) is 17.7 Å². The van der Waals surface area contributed by atoms with Crippen molar-refractivity contribution < 1.29 is 0 Å². The van der Waals surface area contributed by atoms with E-state index in [0.717, 1.165) is 30.7 Å². The van der Waals surface area contributed by atoms with Crippen LogP contribution in [-0.2, 0) is 0 Å². The van der Waals surface area contributed by atoms with Gasteiger partial charge in [-0.1, -0.05) is 6.92 Å². The van der Waals surface area contributed by atoms with E-state index in [-0.39, 0.29) is 0 Å². The molecule has 2 unspecified atom stereocenters. The molecule has 2 atom stereocenters. The monoisotopic (exact) mass is 183 g/mol. The molecule has 0 spiro atoms. The number of rotatable bonds is 4. The van der Waals surface area contributed by atoms with Crippen LogP contribution in [0.3, 0.4) is 0 Å². The fourth-order valence-electron chi connectivity index (χ4n) is 1.48. The maximum atomic E-state index is 5.17. The molecule has 1 aliphatic rings. The molecule has 12 heavy (non-hydrogen) atoms. The number of hydrogen-bond acceptors (Lipinski definition) is 2. The van der Waals surface area contributed by atoms with E-state index in [0.29, 0.717) is 0 Å². The predicted molar refractivity (Wildman–Crippen MR) is 56.4 cm³/mol. The SMILES string of the molecule is C#CCCCNC1CCSC1C. The van der Waals surface area contributed by atoms with Crippen molar-refractivity contribution in [2.45, 2.75) is 37.5 Å². The third-order valence-corrected chi connectivity index (χ3v) is 3.61. The topological polar surface area (TPSA) is 12.0 Å². The van der Waals surface area contributed by atoms with Gasteiger partial charge in [-0.2, -0.15) is 11.8 Å². The molecule has 1 fully saturated rings. The molecule has 0 amide bonds. The van der Waals surface area contributed by atoms with Gasteiger partial charge in [-0.15, -0.1) is 12.3 Å². The molecule has 0 aromatic heterocycles. The van der Waals surface area contributed by atoms with Crippen LogP contribution in [-0.4, -0.2) is 23.6 Å². The summed E-state index contributed by atoms with van der Waals surface area (Å²) in [5, 5.41) is 4.34. The van der Waals surface area contributed by atoms with E-state index in [9.17, 15) is 0 Å². The van der Waals surface area contributed by atoms with E-state index in [1.54, 1.807) is 0 Å². The Morgan fingerprint density at radius 3 is 3.08 bits per heavy atom. The largest absolute Gasteiger partial charge is 0.313 e. The summed E-state index contributed by atoms with van der Waals surface area (Å²) in [6.45, 7) is 3.39. The molecule has 1 N–H and O–H groups in total. The van der Waals surface area contributed by atoms with Crippen LogP contribution in [0.15, 0.2) is 0 Å². The average molecular weight is 183 g/mol. The molecule has 68 valence electrons. The Labute approximate surface area is 79.7 Å². The van der Waals surface area contributed by atoms with Gasteiger partial charge in [-0.3, -0.25) is 0 Å². The third kappa shape index (κ3) is 3.08. The fraction of sp³-hybridized carbons (Fsp3) is 0.800. The third-order valence-electron chi connectivity index (χ3n) is 2.28. The lowest BCUT2D eigenvalue weighted by Crippen LogP contribution is -2.33. The second-order valence-corrected chi connectivity index (χ2v) is 4.72. The van der Waals surface area contributed by atoms with Gasteiger partial charge < -0.3 is 5.32 Å². The van der Waals surface area contributed by atoms with Gasteiger partial charge in [0.25, 0.3) is 0 Å². The number of unbranched alkanes of at least 4 members (excludes halogenated alkanes) is 1. The van der Waals surface area contributed by atoms with Crippen molar-refractivity contribution in [3.05, 3.63) is 0 Å². The zero-order chi connectivity index (χ0) is 8.81. The summed E-state index contributed by atoms with van der Waals surface area (Å²) in [4.78, 5) is 0. The van der Waals surface area contributed by atoms with E-state index < -0.39 is 0 Å². The lowest BCUT2D eigenvalue weighted by atomic mass is 10.1. The van der Waals surface area contributed by atoms with E-state index >= 15 is 0 Å².